The Balaban J connectivity index is 1.29. The first kappa shape index (κ1) is 23.6. The molecular weight excluding hydrogens is 442 g/mol. The summed E-state index contributed by atoms with van der Waals surface area (Å²) >= 11 is 1.45. The van der Waals surface area contributed by atoms with Crippen LogP contribution in [0.3, 0.4) is 0 Å². The average molecular weight is 472 g/mol. The zero-order chi connectivity index (χ0) is 23.9. The average Bonchev–Trinajstić information content (AvgIpc) is 2.85. The summed E-state index contributed by atoms with van der Waals surface area (Å²) in [5.74, 6) is -0.200. The fourth-order valence-electron chi connectivity index (χ4n) is 3.85. The summed E-state index contributed by atoms with van der Waals surface area (Å²) in [5.41, 5.74) is 4.79. The van der Waals surface area contributed by atoms with E-state index < -0.39 is 0 Å². The minimum absolute atomic E-state index is 0.0866. The van der Waals surface area contributed by atoms with Gasteiger partial charge in [0.05, 0.1) is 10.6 Å². The Morgan fingerprint density at radius 3 is 2.62 bits per heavy atom. The van der Waals surface area contributed by atoms with Crippen LogP contribution in [0.2, 0.25) is 0 Å². The highest BCUT2D eigenvalue weighted by atomic mass is 32.2. The number of hydrogen-bond donors (Lipinski definition) is 2. The molecule has 0 spiro atoms. The second-order valence-corrected chi connectivity index (χ2v) is 9.29. The third-order valence-corrected chi connectivity index (χ3v) is 6.79. The van der Waals surface area contributed by atoms with E-state index in [1.54, 1.807) is 12.1 Å². The first-order valence-electron chi connectivity index (χ1n) is 11.5. The van der Waals surface area contributed by atoms with E-state index in [-0.39, 0.29) is 11.8 Å². The van der Waals surface area contributed by atoms with E-state index in [9.17, 15) is 9.59 Å². The molecule has 5 nitrogen and oxygen atoms in total. The van der Waals surface area contributed by atoms with Crippen LogP contribution in [0.1, 0.15) is 34.8 Å². The van der Waals surface area contributed by atoms with Gasteiger partial charge in [0.1, 0.15) is 0 Å². The minimum atomic E-state index is -0.114. The van der Waals surface area contributed by atoms with E-state index in [2.05, 4.69) is 53.6 Å². The number of nitrogens with zero attached hydrogens (tertiary/aromatic N) is 1. The highest BCUT2D eigenvalue weighted by Crippen LogP contribution is 2.38. The van der Waals surface area contributed by atoms with E-state index in [1.807, 2.05) is 42.5 Å². The highest BCUT2D eigenvalue weighted by molar-refractivity contribution is 8.04. The summed E-state index contributed by atoms with van der Waals surface area (Å²) in [6, 6.07) is 23.6. The van der Waals surface area contributed by atoms with E-state index in [0.29, 0.717) is 17.0 Å². The zero-order valence-corrected chi connectivity index (χ0v) is 20.3. The largest absolute Gasteiger partial charge is 0.372 e. The number of aryl methyl sites for hydroxylation is 1. The first-order valence-corrected chi connectivity index (χ1v) is 12.3. The molecule has 3 aromatic carbocycles. The summed E-state index contributed by atoms with van der Waals surface area (Å²) < 4.78 is 0. The number of fused-ring (bicyclic) bond motifs is 1. The van der Waals surface area contributed by atoms with Crippen molar-refractivity contribution in [3.63, 3.8) is 0 Å². The molecule has 0 fully saturated rings. The van der Waals surface area contributed by atoms with Crippen LogP contribution in [0.4, 0.5) is 11.4 Å². The smallest absolute Gasteiger partial charge is 0.262 e. The molecule has 0 atom stereocenters. The van der Waals surface area contributed by atoms with E-state index in [4.69, 9.17) is 0 Å². The molecule has 0 aliphatic carbocycles. The molecule has 0 saturated carbocycles. The van der Waals surface area contributed by atoms with Gasteiger partial charge < -0.3 is 15.5 Å². The van der Waals surface area contributed by atoms with Crippen molar-refractivity contribution in [3.8, 4) is 0 Å². The molecule has 2 N–H and O–H groups in total. The molecule has 3 aromatic rings. The Labute approximate surface area is 205 Å². The van der Waals surface area contributed by atoms with Crippen molar-refractivity contribution in [1.29, 1.82) is 0 Å². The maximum Gasteiger partial charge on any atom is 0.262 e. The Hall–Kier alpha value is -3.51. The van der Waals surface area contributed by atoms with Crippen molar-refractivity contribution in [2.75, 3.05) is 29.9 Å². The van der Waals surface area contributed by atoms with Crippen LogP contribution in [0.15, 0.2) is 82.6 Å². The number of para-hydroxylation sites is 1. The molecule has 0 unspecified atom stereocenters. The lowest BCUT2D eigenvalue weighted by Gasteiger charge is -2.23. The standard InChI is InChI=1S/C28H29N3O2S/c1-3-31(23-9-6-8-20(2)18-23)17-7-16-29-27(32)22-14-12-21(13-15-22)19-26-28(33)30-24-10-4-5-11-25(24)34-26/h4-6,8-15,18-19H,3,7,16-17H2,1-2H3,(H,29,32)(H,30,33). The van der Waals surface area contributed by atoms with Gasteiger partial charge in [-0.25, -0.2) is 0 Å². The third kappa shape index (κ3) is 5.88. The Bertz CT molecular complexity index is 1200. The number of hydrogen-bond acceptors (Lipinski definition) is 4. The maximum atomic E-state index is 12.6. The van der Waals surface area contributed by atoms with Crippen molar-refractivity contribution in [2.45, 2.75) is 25.2 Å². The van der Waals surface area contributed by atoms with Crippen molar-refractivity contribution in [1.82, 2.24) is 5.32 Å². The Morgan fingerprint density at radius 2 is 1.85 bits per heavy atom. The Kier molecular flexibility index (Phi) is 7.70. The van der Waals surface area contributed by atoms with Crippen LogP contribution in [0.25, 0.3) is 6.08 Å². The second kappa shape index (κ2) is 11.1. The third-order valence-electron chi connectivity index (χ3n) is 5.69. The van der Waals surface area contributed by atoms with Gasteiger partial charge in [0.2, 0.25) is 0 Å². The van der Waals surface area contributed by atoms with Crippen LogP contribution in [0.5, 0.6) is 0 Å². The molecule has 1 heterocycles. The van der Waals surface area contributed by atoms with Crippen LogP contribution in [-0.2, 0) is 4.79 Å². The van der Waals surface area contributed by atoms with Crippen LogP contribution < -0.4 is 15.5 Å². The summed E-state index contributed by atoms with van der Waals surface area (Å²) in [4.78, 5) is 28.9. The first-order chi connectivity index (χ1) is 16.5. The fraction of sp³-hybridized carbons (Fsp3) is 0.214. The molecule has 1 aliphatic heterocycles. The number of nitrogens with one attached hydrogen (secondary N) is 2. The maximum absolute atomic E-state index is 12.6. The quantitative estimate of drug-likeness (QED) is 0.326. The van der Waals surface area contributed by atoms with Crippen LogP contribution >= 0.6 is 11.8 Å². The molecule has 0 aromatic heterocycles. The number of rotatable bonds is 8. The van der Waals surface area contributed by atoms with E-state index in [1.165, 1.54) is 23.0 Å². The predicted molar refractivity (Wildman–Crippen MR) is 141 cm³/mol. The normalized spacial score (nSPS) is 13.8. The van der Waals surface area contributed by atoms with Gasteiger partial charge >= 0.3 is 0 Å². The van der Waals surface area contributed by atoms with Gasteiger partial charge in [-0.3, -0.25) is 9.59 Å². The van der Waals surface area contributed by atoms with Gasteiger partial charge in [-0.15, -0.1) is 0 Å². The van der Waals surface area contributed by atoms with Crippen LogP contribution in [-0.4, -0.2) is 31.4 Å². The molecular formula is C28H29N3O2S. The predicted octanol–water partition coefficient (Wildman–Crippen LogP) is 5.73. The lowest BCUT2D eigenvalue weighted by atomic mass is 10.1. The molecule has 0 bridgehead atoms. The van der Waals surface area contributed by atoms with Gasteiger partial charge in [0.25, 0.3) is 11.8 Å². The van der Waals surface area contributed by atoms with Crippen LogP contribution in [0, 0.1) is 6.92 Å². The SMILES string of the molecule is CCN(CCCNC(=O)c1ccc(C=C2Sc3ccccc3NC2=O)cc1)c1cccc(C)c1. The van der Waals surface area contributed by atoms with Crippen molar-refractivity contribution in [2.24, 2.45) is 0 Å². The fourth-order valence-corrected chi connectivity index (χ4v) is 4.80. The van der Waals surface area contributed by atoms with Gasteiger partial charge in [-0.1, -0.05) is 48.2 Å². The van der Waals surface area contributed by atoms with Gasteiger partial charge in [-0.05, 0) is 73.9 Å². The number of amides is 2. The monoisotopic (exact) mass is 471 g/mol. The van der Waals surface area contributed by atoms with Gasteiger partial charge in [0.15, 0.2) is 0 Å². The molecule has 0 radical (unpaired) electrons. The van der Waals surface area contributed by atoms with Gasteiger partial charge in [0, 0.05) is 35.8 Å². The molecule has 34 heavy (non-hydrogen) atoms. The highest BCUT2D eigenvalue weighted by Gasteiger charge is 2.20. The lowest BCUT2D eigenvalue weighted by Crippen LogP contribution is -2.30. The molecule has 4 rings (SSSR count). The Morgan fingerprint density at radius 1 is 1.06 bits per heavy atom. The molecule has 0 saturated heterocycles. The van der Waals surface area contributed by atoms with Crippen molar-refractivity contribution in [3.05, 3.63) is 94.4 Å². The number of carbonyl (C=O) groups is 2. The van der Waals surface area contributed by atoms with E-state index >= 15 is 0 Å². The number of thioether (sulfide) groups is 1. The number of benzene rings is 3. The zero-order valence-electron chi connectivity index (χ0n) is 19.5. The summed E-state index contributed by atoms with van der Waals surface area (Å²) in [6.07, 6.45) is 2.72. The molecule has 174 valence electrons. The van der Waals surface area contributed by atoms with Gasteiger partial charge in [-0.2, -0.15) is 0 Å². The molecule has 2 amide bonds. The van der Waals surface area contributed by atoms with E-state index in [0.717, 1.165) is 35.7 Å². The molecule has 1 aliphatic rings. The lowest BCUT2D eigenvalue weighted by molar-refractivity contribution is -0.112. The van der Waals surface area contributed by atoms with Crippen molar-refractivity contribution < 1.29 is 9.59 Å². The summed E-state index contributed by atoms with van der Waals surface area (Å²) in [6.45, 7) is 6.67. The summed E-state index contributed by atoms with van der Waals surface area (Å²) in [7, 11) is 0. The summed E-state index contributed by atoms with van der Waals surface area (Å²) in [5, 5.41) is 5.93. The second-order valence-electron chi connectivity index (χ2n) is 8.21. The number of carbonyl (C=O) groups excluding carboxylic acids is 2. The molecule has 6 heteroatoms. The minimum Gasteiger partial charge on any atom is -0.372 e. The topological polar surface area (TPSA) is 61.4 Å². The number of anilines is 2. The van der Waals surface area contributed by atoms with Crippen molar-refractivity contribution >= 4 is 41.0 Å².